The number of ether oxygens (including phenoxy) is 1. The highest BCUT2D eigenvalue weighted by atomic mass is 16.5. The predicted molar refractivity (Wildman–Crippen MR) is 106 cm³/mol. The van der Waals surface area contributed by atoms with Crippen molar-refractivity contribution in [2.24, 2.45) is 0 Å². The van der Waals surface area contributed by atoms with Crippen molar-refractivity contribution >= 4 is 11.8 Å². The van der Waals surface area contributed by atoms with Crippen molar-refractivity contribution < 1.29 is 18.7 Å². The van der Waals surface area contributed by atoms with Crippen LogP contribution < -0.4 is 10.1 Å². The van der Waals surface area contributed by atoms with Gasteiger partial charge in [-0.1, -0.05) is 17.7 Å². The lowest BCUT2D eigenvalue weighted by Gasteiger charge is -2.29. The van der Waals surface area contributed by atoms with E-state index in [1.807, 2.05) is 43.3 Å². The molecule has 1 fully saturated rings. The zero-order valence-corrected chi connectivity index (χ0v) is 16.6. The van der Waals surface area contributed by atoms with Gasteiger partial charge < -0.3 is 19.4 Å². The molecule has 2 heterocycles. The van der Waals surface area contributed by atoms with Crippen molar-refractivity contribution in [1.29, 1.82) is 0 Å². The van der Waals surface area contributed by atoms with E-state index in [-0.39, 0.29) is 11.8 Å². The summed E-state index contributed by atoms with van der Waals surface area (Å²) in [5.41, 5.74) is 0.784. The Balaban J connectivity index is 1.47. The maximum atomic E-state index is 12.5. The molecule has 6 heteroatoms. The lowest BCUT2D eigenvalue weighted by Crippen LogP contribution is -2.44. The number of nitrogens with zero attached hydrogens (tertiary/aromatic N) is 1. The minimum atomic E-state index is -0.399. The van der Waals surface area contributed by atoms with Crippen LogP contribution in [0.15, 0.2) is 47.1 Å². The summed E-state index contributed by atoms with van der Waals surface area (Å²) >= 11 is 0. The third kappa shape index (κ3) is 5.38. The smallest absolute Gasteiger partial charge is 0.222 e. The molecule has 0 spiro atoms. The highest BCUT2D eigenvalue weighted by Crippen LogP contribution is 2.30. The van der Waals surface area contributed by atoms with Gasteiger partial charge in [0.2, 0.25) is 11.8 Å². The number of carbonyl (C=O) groups excluding carboxylic acids is 2. The molecule has 150 valence electrons. The Morgan fingerprint density at radius 3 is 2.71 bits per heavy atom. The van der Waals surface area contributed by atoms with E-state index in [0.717, 1.165) is 17.9 Å². The maximum Gasteiger partial charge on any atom is 0.222 e. The first-order valence-corrected chi connectivity index (χ1v) is 9.73. The zero-order valence-electron chi connectivity index (χ0n) is 16.6. The molecule has 0 saturated carbocycles. The van der Waals surface area contributed by atoms with Crippen LogP contribution in [0.1, 0.15) is 37.0 Å². The Labute approximate surface area is 165 Å². The number of amides is 2. The van der Waals surface area contributed by atoms with Crippen molar-refractivity contribution in [3.8, 4) is 5.75 Å². The minimum absolute atomic E-state index is 0.0406. The molecule has 1 saturated heterocycles. The summed E-state index contributed by atoms with van der Waals surface area (Å²) in [7, 11) is 1.78. The van der Waals surface area contributed by atoms with Crippen LogP contribution in [-0.4, -0.2) is 42.5 Å². The van der Waals surface area contributed by atoms with Crippen LogP contribution in [0, 0.1) is 6.92 Å². The van der Waals surface area contributed by atoms with E-state index >= 15 is 0 Å². The van der Waals surface area contributed by atoms with Crippen LogP contribution in [0.2, 0.25) is 0 Å². The fourth-order valence-electron chi connectivity index (χ4n) is 3.53. The van der Waals surface area contributed by atoms with Crippen molar-refractivity contribution in [3.05, 3.63) is 54.0 Å². The molecule has 1 aliphatic rings. The van der Waals surface area contributed by atoms with Crippen LogP contribution in [0.4, 0.5) is 0 Å². The maximum absolute atomic E-state index is 12.5. The number of rotatable bonds is 9. The Morgan fingerprint density at radius 2 is 2.07 bits per heavy atom. The van der Waals surface area contributed by atoms with Gasteiger partial charge in [-0.2, -0.15) is 0 Å². The number of furan rings is 1. The lowest BCUT2D eigenvalue weighted by molar-refractivity contribution is -0.131. The van der Waals surface area contributed by atoms with Gasteiger partial charge in [-0.3, -0.25) is 9.59 Å². The monoisotopic (exact) mass is 384 g/mol. The third-order valence-electron chi connectivity index (χ3n) is 5.29. The predicted octanol–water partition coefficient (Wildman–Crippen LogP) is 3.10. The van der Waals surface area contributed by atoms with Crippen LogP contribution >= 0.6 is 0 Å². The summed E-state index contributed by atoms with van der Waals surface area (Å²) in [6.07, 6.45) is 4.44. The van der Waals surface area contributed by atoms with E-state index in [9.17, 15) is 9.59 Å². The summed E-state index contributed by atoms with van der Waals surface area (Å²) < 4.78 is 11.1. The van der Waals surface area contributed by atoms with Crippen LogP contribution in [-0.2, 0) is 16.0 Å². The fraction of sp³-hybridized carbons (Fsp3) is 0.455. The summed E-state index contributed by atoms with van der Waals surface area (Å²) in [5, 5.41) is 3.07. The molecular weight excluding hydrogens is 356 g/mol. The topological polar surface area (TPSA) is 71.8 Å². The first-order chi connectivity index (χ1) is 13.5. The molecule has 1 N–H and O–H groups in total. The second-order valence-corrected chi connectivity index (χ2v) is 7.56. The summed E-state index contributed by atoms with van der Waals surface area (Å²) in [6.45, 7) is 2.99. The number of aryl methyl sites for hydroxylation is 1. The van der Waals surface area contributed by atoms with Crippen molar-refractivity contribution in [3.63, 3.8) is 0 Å². The zero-order chi connectivity index (χ0) is 20.0. The standard InChI is InChI=1S/C22H28N2O4/c1-17-5-7-18(8-6-17)28-15-13-24(2)21(26)10-12-22(11-9-20(25)23-22)16-19-4-3-14-27-19/h3-8,14H,9-13,15-16H2,1-2H3,(H,23,25)/t22-/m1/s1. The molecule has 0 aliphatic carbocycles. The minimum Gasteiger partial charge on any atom is -0.492 e. The third-order valence-corrected chi connectivity index (χ3v) is 5.29. The molecule has 0 radical (unpaired) electrons. The van der Waals surface area contributed by atoms with Gasteiger partial charge in [0.15, 0.2) is 0 Å². The average molecular weight is 384 g/mol. The Bertz CT molecular complexity index is 785. The lowest BCUT2D eigenvalue weighted by atomic mass is 9.87. The number of likely N-dealkylation sites (N-methyl/N-ethyl adjacent to an activating group) is 1. The molecule has 28 heavy (non-hydrogen) atoms. The van der Waals surface area contributed by atoms with Gasteiger partial charge in [-0.05, 0) is 44.0 Å². The molecule has 0 bridgehead atoms. The highest BCUT2D eigenvalue weighted by Gasteiger charge is 2.38. The van der Waals surface area contributed by atoms with E-state index in [1.165, 1.54) is 5.56 Å². The first-order valence-electron chi connectivity index (χ1n) is 9.73. The van der Waals surface area contributed by atoms with Crippen molar-refractivity contribution in [1.82, 2.24) is 10.2 Å². The molecule has 1 aliphatic heterocycles. The Hall–Kier alpha value is -2.76. The molecule has 6 nitrogen and oxygen atoms in total. The van der Waals surface area contributed by atoms with Crippen molar-refractivity contribution in [2.75, 3.05) is 20.2 Å². The Kier molecular flexibility index (Phi) is 6.39. The number of carbonyl (C=O) groups is 2. The van der Waals surface area contributed by atoms with E-state index in [0.29, 0.717) is 38.8 Å². The Morgan fingerprint density at radius 1 is 1.29 bits per heavy atom. The molecule has 1 aromatic heterocycles. The number of benzene rings is 1. The SMILES string of the molecule is Cc1ccc(OCCN(C)C(=O)CC[C@@]2(Cc3ccco3)CCC(=O)N2)cc1. The van der Waals surface area contributed by atoms with Crippen molar-refractivity contribution in [2.45, 2.75) is 44.6 Å². The molecule has 1 atom stereocenters. The second kappa shape index (κ2) is 8.95. The number of hydrogen-bond donors (Lipinski definition) is 1. The molecule has 2 amide bonds. The molecule has 2 aromatic rings. The fourth-order valence-corrected chi connectivity index (χ4v) is 3.53. The summed E-state index contributed by atoms with van der Waals surface area (Å²) in [4.78, 5) is 26.0. The summed E-state index contributed by atoms with van der Waals surface area (Å²) in [6, 6.07) is 11.6. The van der Waals surface area contributed by atoms with E-state index in [4.69, 9.17) is 9.15 Å². The normalized spacial score (nSPS) is 18.7. The van der Waals surface area contributed by atoms with Gasteiger partial charge >= 0.3 is 0 Å². The molecule has 0 unspecified atom stereocenters. The molecular formula is C22H28N2O4. The van der Waals surface area contributed by atoms with Gasteiger partial charge in [0.25, 0.3) is 0 Å². The summed E-state index contributed by atoms with van der Waals surface area (Å²) in [5.74, 6) is 1.72. The van der Waals surface area contributed by atoms with Crippen LogP contribution in [0.5, 0.6) is 5.75 Å². The van der Waals surface area contributed by atoms with Gasteiger partial charge in [0, 0.05) is 31.8 Å². The second-order valence-electron chi connectivity index (χ2n) is 7.56. The largest absolute Gasteiger partial charge is 0.492 e. The van der Waals surface area contributed by atoms with Crippen LogP contribution in [0.25, 0.3) is 0 Å². The molecule has 1 aromatic carbocycles. The van der Waals surface area contributed by atoms with E-state index in [1.54, 1.807) is 18.2 Å². The quantitative estimate of drug-likeness (QED) is 0.721. The van der Waals surface area contributed by atoms with Gasteiger partial charge in [0.05, 0.1) is 12.8 Å². The van der Waals surface area contributed by atoms with E-state index in [2.05, 4.69) is 5.32 Å². The molecule has 3 rings (SSSR count). The van der Waals surface area contributed by atoms with Gasteiger partial charge in [-0.25, -0.2) is 0 Å². The number of hydrogen-bond acceptors (Lipinski definition) is 4. The number of nitrogens with one attached hydrogen (secondary N) is 1. The average Bonchev–Trinajstić information content (AvgIpc) is 3.31. The van der Waals surface area contributed by atoms with Crippen LogP contribution in [0.3, 0.4) is 0 Å². The highest BCUT2D eigenvalue weighted by molar-refractivity contribution is 5.80. The van der Waals surface area contributed by atoms with Gasteiger partial charge in [0.1, 0.15) is 18.1 Å². The first kappa shape index (κ1) is 20.0. The van der Waals surface area contributed by atoms with Gasteiger partial charge in [-0.15, -0.1) is 0 Å². The van der Waals surface area contributed by atoms with E-state index < -0.39 is 5.54 Å².